The second-order valence-corrected chi connectivity index (χ2v) is 3.87. The molecular weight excluding hydrogens is 287 g/mol. The molecule has 104 valence electrons. The van der Waals surface area contributed by atoms with E-state index in [1.165, 1.54) is 6.07 Å². The zero-order chi connectivity index (χ0) is 14.6. The third-order valence-corrected chi connectivity index (χ3v) is 2.31. The Morgan fingerprint density at radius 3 is 2.47 bits per heavy atom. The number of anilines is 1. The molecule has 0 heterocycles. The highest BCUT2D eigenvalue weighted by Crippen LogP contribution is 2.36. The molecule has 0 atom stereocenters. The highest BCUT2D eigenvalue weighted by atomic mass is 35.5. The Morgan fingerprint density at radius 2 is 1.95 bits per heavy atom. The molecule has 0 fully saturated rings. The summed E-state index contributed by atoms with van der Waals surface area (Å²) in [7, 11) is 0. The Hall–Kier alpha value is -1.96. The van der Waals surface area contributed by atoms with Crippen LogP contribution >= 0.6 is 11.6 Å². The number of carbonyl (C=O) groups excluding carboxylic acids is 2. The summed E-state index contributed by atoms with van der Waals surface area (Å²) in [5, 5.41) is 3.70. The molecule has 4 N–H and O–H groups in total. The SMILES string of the molecule is NC(=O)NCC(=O)Nc1ccc(Cl)c(C(F)(F)F)c1. The monoisotopic (exact) mass is 295 g/mol. The molecule has 5 nitrogen and oxygen atoms in total. The number of benzene rings is 1. The molecule has 0 aliphatic heterocycles. The lowest BCUT2D eigenvalue weighted by Gasteiger charge is -2.11. The van der Waals surface area contributed by atoms with E-state index in [2.05, 4.69) is 5.32 Å². The zero-order valence-electron chi connectivity index (χ0n) is 9.34. The van der Waals surface area contributed by atoms with Crippen molar-refractivity contribution in [1.29, 1.82) is 0 Å². The van der Waals surface area contributed by atoms with E-state index in [-0.39, 0.29) is 5.69 Å². The number of hydrogen-bond donors (Lipinski definition) is 3. The number of carbonyl (C=O) groups is 2. The molecule has 0 aliphatic carbocycles. The quantitative estimate of drug-likeness (QED) is 0.796. The van der Waals surface area contributed by atoms with Gasteiger partial charge in [0.15, 0.2) is 0 Å². The maximum Gasteiger partial charge on any atom is 0.417 e. The van der Waals surface area contributed by atoms with Crippen molar-refractivity contribution >= 4 is 29.2 Å². The van der Waals surface area contributed by atoms with E-state index < -0.39 is 35.2 Å². The summed E-state index contributed by atoms with van der Waals surface area (Å²) in [4.78, 5) is 21.6. The van der Waals surface area contributed by atoms with Crippen LogP contribution in [0.25, 0.3) is 0 Å². The number of nitrogens with two attached hydrogens (primary N) is 1. The van der Waals surface area contributed by atoms with Crippen LogP contribution in [0.4, 0.5) is 23.7 Å². The fourth-order valence-electron chi connectivity index (χ4n) is 1.19. The van der Waals surface area contributed by atoms with E-state index in [9.17, 15) is 22.8 Å². The molecule has 1 aromatic rings. The summed E-state index contributed by atoms with van der Waals surface area (Å²) >= 11 is 5.41. The molecule has 1 rings (SSSR count). The number of primary amides is 1. The molecule has 0 saturated carbocycles. The lowest BCUT2D eigenvalue weighted by molar-refractivity contribution is -0.137. The number of amides is 3. The molecule has 9 heteroatoms. The number of halogens is 4. The molecule has 0 saturated heterocycles. The first-order chi connectivity index (χ1) is 8.70. The van der Waals surface area contributed by atoms with Crippen LogP contribution in [0.1, 0.15) is 5.56 Å². The highest BCUT2D eigenvalue weighted by Gasteiger charge is 2.33. The maximum atomic E-state index is 12.5. The van der Waals surface area contributed by atoms with Crippen LogP contribution in [0, 0.1) is 0 Å². The topological polar surface area (TPSA) is 84.2 Å². The average Bonchev–Trinajstić information content (AvgIpc) is 2.27. The number of hydrogen-bond acceptors (Lipinski definition) is 2. The van der Waals surface area contributed by atoms with Crippen LogP contribution in [0.3, 0.4) is 0 Å². The first kappa shape index (κ1) is 15.1. The van der Waals surface area contributed by atoms with Gasteiger partial charge in [-0.3, -0.25) is 4.79 Å². The second kappa shape index (κ2) is 5.79. The van der Waals surface area contributed by atoms with E-state index in [1.807, 2.05) is 5.32 Å². The van der Waals surface area contributed by atoms with Crippen LogP contribution in [-0.4, -0.2) is 18.5 Å². The van der Waals surface area contributed by atoms with E-state index in [0.29, 0.717) is 6.07 Å². The van der Waals surface area contributed by atoms with Crippen molar-refractivity contribution in [3.63, 3.8) is 0 Å². The van der Waals surface area contributed by atoms with E-state index >= 15 is 0 Å². The minimum atomic E-state index is -4.62. The Balaban J connectivity index is 2.80. The summed E-state index contributed by atoms with van der Waals surface area (Å²) in [5.41, 5.74) is 3.59. The Labute approximate surface area is 110 Å². The molecule has 0 aliphatic rings. The van der Waals surface area contributed by atoms with Gasteiger partial charge >= 0.3 is 12.2 Å². The van der Waals surface area contributed by atoms with Gasteiger partial charge in [-0.15, -0.1) is 0 Å². The first-order valence-corrected chi connectivity index (χ1v) is 5.28. The standard InChI is InChI=1S/C10H9ClF3N3O2/c11-7-2-1-5(3-6(7)10(12,13)14)17-8(18)4-16-9(15)19/h1-3H,4H2,(H,17,18)(H3,15,16,19). The minimum absolute atomic E-state index is 0.0898. The third kappa shape index (κ3) is 4.66. The lowest BCUT2D eigenvalue weighted by atomic mass is 10.2. The van der Waals surface area contributed by atoms with E-state index in [0.717, 1.165) is 6.07 Å². The summed E-state index contributed by atoms with van der Waals surface area (Å²) < 4.78 is 37.6. The molecule has 0 aromatic heterocycles. The van der Waals surface area contributed by atoms with Gasteiger partial charge in [-0.1, -0.05) is 11.6 Å². The molecule has 0 radical (unpaired) electrons. The van der Waals surface area contributed by atoms with Crippen molar-refractivity contribution in [3.8, 4) is 0 Å². The summed E-state index contributed by atoms with van der Waals surface area (Å²) in [6.45, 7) is -0.445. The summed E-state index contributed by atoms with van der Waals surface area (Å²) in [6.07, 6.45) is -4.62. The van der Waals surface area contributed by atoms with Gasteiger partial charge in [0.2, 0.25) is 5.91 Å². The Morgan fingerprint density at radius 1 is 1.32 bits per heavy atom. The number of alkyl halides is 3. The smallest absolute Gasteiger partial charge is 0.352 e. The molecule has 19 heavy (non-hydrogen) atoms. The van der Waals surface area contributed by atoms with E-state index in [4.69, 9.17) is 17.3 Å². The summed E-state index contributed by atoms with van der Waals surface area (Å²) in [6, 6.07) is 2.01. The molecular formula is C10H9ClF3N3O2. The molecule has 0 unspecified atom stereocenters. The van der Waals surface area contributed by atoms with Crippen molar-refractivity contribution in [1.82, 2.24) is 5.32 Å². The van der Waals surface area contributed by atoms with Crippen molar-refractivity contribution < 1.29 is 22.8 Å². The van der Waals surface area contributed by atoms with Gasteiger partial charge in [0, 0.05) is 5.69 Å². The second-order valence-electron chi connectivity index (χ2n) is 3.46. The van der Waals surface area contributed by atoms with Crippen molar-refractivity contribution in [2.24, 2.45) is 5.73 Å². The Kier molecular flexibility index (Phi) is 4.60. The normalized spacial score (nSPS) is 10.9. The van der Waals surface area contributed by atoms with Gasteiger partial charge in [0.1, 0.15) is 0 Å². The van der Waals surface area contributed by atoms with Gasteiger partial charge < -0.3 is 16.4 Å². The van der Waals surface area contributed by atoms with Crippen LogP contribution in [-0.2, 0) is 11.0 Å². The lowest BCUT2D eigenvalue weighted by Crippen LogP contribution is -2.36. The van der Waals surface area contributed by atoms with E-state index in [1.54, 1.807) is 0 Å². The van der Waals surface area contributed by atoms with Crippen molar-refractivity contribution in [3.05, 3.63) is 28.8 Å². The largest absolute Gasteiger partial charge is 0.417 e. The zero-order valence-corrected chi connectivity index (χ0v) is 10.1. The van der Waals surface area contributed by atoms with Gasteiger partial charge in [-0.25, -0.2) is 4.79 Å². The van der Waals surface area contributed by atoms with Gasteiger partial charge in [-0.05, 0) is 18.2 Å². The van der Waals surface area contributed by atoms with Gasteiger partial charge in [-0.2, -0.15) is 13.2 Å². The van der Waals surface area contributed by atoms with Gasteiger partial charge in [0.05, 0.1) is 17.1 Å². The third-order valence-electron chi connectivity index (χ3n) is 1.98. The number of nitrogens with one attached hydrogen (secondary N) is 2. The first-order valence-electron chi connectivity index (χ1n) is 4.90. The minimum Gasteiger partial charge on any atom is -0.352 e. The number of rotatable bonds is 3. The predicted molar refractivity (Wildman–Crippen MR) is 62.7 cm³/mol. The van der Waals surface area contributed by atoms with Crippen LogP contribution < -0.4 is 16.4 Å². The molecule has 1 aromatic carbocycles. The molecule has 3 amide bonds. The van der Waals surface area contributed by atoms with Gasteiger partial charge in [0.25, 0.3) is 0 Å². The average molecular weight is 296 g/mol. The highest BCUT2D eigenvalue weighted by molar-refractivity contribution is 6.31. The Bertz CT molecular complexity index is 505. The summed E-state index contributed by atoms with van der Waals surface area (Å²) in [5.74, 6) is -0.714. The maximum absolute atomic E-state index is 12.5. The van der Waals surface area contributed by atoms with Crippen LogP contribution in [0.15, 0.2) is 18.2 Å². The predicted octanol–water partition coefficient (Wildman–Crippen LogP) is 1.97. The fourth-order valence-corrected chi connectivity index (χ4v) is 1.42. The fraction of sp³-hybridized carbons (Fsp3) is 0.200. The van der Waals surface area contributed by atoms with Crippen molar-refractivity contribution in [2.75, 3.05) is 11.9 Å². The van der Waals surface area contributed by atoms with Crippen LogP contribution in [0.2, 0.25) is 5.02 Å². The van der Waals surface area contributed by atoms with Crippen LogP contribution in [0.5, 0.6) is 0 Å². The number of urea groups is 1. The molecule has 0 bridgehead atoms. The molecule has 0 spiro atoms. The van der Waals surface area contributed by atoms with Crippen molar-refractivity contribution in [2.45, 2.75) is 6.18 Å².